The Morgan fingerprint density at radius 3 is 2.84 bits per heavy atom. The highest BCUT2D eigenvalue weighted by atomic mass is 16.5. The number of ether oxygens (including phenoxy) is 1. The summed E-state index contributed by atoms with van der Waals surface area (Å²) in [5.74, 6) is 0.530. The number of nitrogens with zero attached hydrogens (tertiary/aromatic N) is 3. The van der Waals surface area contributed by atoms with Crippen LogP contribution in [0.1, 0.15) is 66.0 Å². The Morgan fingerprint density at radius 1 is 1.32 bits per heavy atom. The number of aromatic nitrogens is 3. The molecular formula is C19H24N4O2. The first kappa shape index (κ1) is 16.3. The van der Waals surface area contributed by atoms with Crippen molar-refractivity contribution >= 4 is 5.91 Å². The molecule has 2 aromatic heterocycles. The molecule has 25 heavy (non-hydrogen) atoms. The maximum Gasteiger partial charge on any atom is 0.274 e. The van der Waals surface area contributed by atoms with Crippen LogP contribution in [0.3, 0.4) is 0 Å². The van der Waals surface area contributed by atoms with Gasteiger partial charge in [0.05, 0.1) is 17.9 Å². The summed E-state index contributed by atoms with van der Waals surface area (Å²) in [6, 6.07) is 4.11. The standard InChI is InChI=1S/C19H24N4O2/c1-12-10-16-17(13(2)25-12)21-22-18(16)19(24)23-8-5-14(6-9-23)15-4-3-7-20-11-15/h3-4,7,11-14H,5-6,8-10H2,1-2H3,(H,21,22)/t12-,13+/m1/s1. The van der Waals surface area contributed by atoms with E-state index < -0.39 is 0 Å². The predicted molar refractivity (Wildman–Crippen MR) is 93.4 cm³/mol. The highest BCUT2D eigenvalue weighted by Crippen LogP contribution is 2.32. The van der Waals surface area contributed by atoms with Crippen LogP contribution in [0.15, 0.2) is 24.5 Å². The second-order valence-corrected chi connectivity index (χ2v) is 7.11. The van der Waals surface area contributed by atoms with Crippen LogP contribution >= 0.6 is 0 Å². The van der Waals surface area contributed by atoms with E-state index in [0.29, 0.717) is 11.6 Å². The van der Waals surface area contributed by atoms with Crippen molar-refractivity contribution in [2.75, 3.05) is 13.1 Å². The normalized spacial score (nSPS) is 24.2. The number of rotatable bonds is 2. The van der Waals surface area contributed by atoms with E-state index in [1.54, 1.807) is 6.20 Å². The third-order valence-corrected chi connectivity index (χ3v) is 5.37. The van der Waals surface area contributed by atoms with Gasteiger partial charge in [0, 0.05) is 37.5 Å². The lowest BCUT2D eigenvalue weighted by Crippen LogP contribution is -2.38. The van der Waals surface area contributed by atoms with E-state index in [1.165, 1.54) is 5.56 Å². The summed E-state index contributed by atoms with van der Waals surface area (Å²) in [5.41, 5.74) is 3.83. The summed E-state index contributed by atoms with van der Waals surface area (Å²) in [6.07, 6.45) is 6.50. The Kier molecular flexibility index (Phi) is 4.29. The summed E-state index contributed by atoms with van der Waals surface area (Å²) >= 11 is 0. The second-order valence-electron chi connectivity index (χ2n) is 7.11. The van der Waals surface area contributed by atoms with Crippen molar-refractivity contribution in [3.63, 3.8) is 0 Å². The molecular weight excluding hydrogens is 316 g/mol. The first-order valence-electron chi connectivity index (χ1n) is 9.05. The van der Waals surface area contributed by atoms with Gasteiger partial charge in [0.25, 0.3) is 5.91 Å². The molecule has 4 rings (SSSR count). The average molecular weight is 340 g/mol. The van der Waals surface area contributed by atoms with E-state index in [2.05, 4.69) is 21.2 Å². The first-order valence-corrected chi connectivity index (χ1v) is 9.05. The van der Waals surface area contributed by atoms with E-state index in [1.807, 2.05) is 31.0 Å². The number of pyridine rings is 1. The van der Waals surface area contributed by atoms with Crippen molar-refractivity contribution in [2.45, 2.75) is 51.2 Å². The third kappa shape index (κ3) is 3.06. The maximum absolute atomic E-state index is 13.0. The molecule has 0 saturated carbocycles. The van der Waals surface area contributed by atoms with Crippen molar-refractivity contribution in [2.24, 2.45) is 0 Å². The van der Waals surface area contributed by atoms with Gasteiger partial charge in [-0.25, -0.2) is 0 Å². The van der Waals surface area contributed by atoms with Crippen LogP contribution < -0.4 is 0 Å². The fourth-order valence-electron chi connectivity index (χ4n) is 4.03. The van der Waals surface area contributed by atoms with Gasteiger partial charge in [-0.2, -0.15) is 5.10 Å². The van der Waals surface area contributed by atoms with E-state index >= 15 is 0 Å². The van der Waals surface area contributed by atoms with Crippen molar-refractivity contribution in [1.29, 1.82) is 0 Å². The van der Waals surface area contributed by atoms with Crippen LogP contribution in [0.2, 0.25) is 0 Å². The largest absolute Gasteiger partial charge is 0.369 e. The monoisotopic (exact) mass is 340 g/mol. The molecule has 1 N–H and O–H groups in total. The molecule has 1 saturated heterocycles. The molecule has 0 spiro atoms. The summed E-state index contributed by atoms with van der Waals surface area (Å²) in [4.78, 5) is 19.1. The fourth-order valence-corrected chi connectivity index (χ4v) is 4.03. The Bertz CT molecular complexity index is 750. The van der Waals surface area contributed by atoms with Gasteiger partial charge in [-0.15, -0.1) is 0 Å². The van der Waals surface area contributed by atoms with Gasteiger partial charge in [0.2, 0.25) is 0 Å². The molecule has 1 fully saturated rings. The number of aromatic amines is 1. The van der Waals surface area contributed by atoms with Crippen LogP contribution in [0, 0.1) is 0 Å². The van der Waals surface area contributed by atoms with Crippen molar-refractivity contribution < 1.29 is 9.53 Å². The minimum Gasteiger partial charge on any atom is -0.369 e. The van der Waals surface area contributed by atoms with Gasteiger partial charge in [0.15, 0.2) is 5.69 Å². The number of carbonyl (C=O) groups is 1. The summed E-state index contributed by atoms with van der Waals surface area (Å²) < 4.78 is 5.81. The van der Waals surface area contributed by atoms with E-state index in [9.17, 15) is 4.79 Å². The van der Waals surface area contributed by atoms with Crippen LogP contribution in [0.4, 0.5) is 0 Å². The van der Waals surface area contributed by atoms with Crippen molar-refractivity contribution in [3.05, 3.63) is 47.0 Å². The predicted octanol–water partition coefficient (Wildman–Crippen LogP) is 2.85. The number of likely N-dealkylation sites (tertiary alicyclic amines) is 1. The SMILES string of the molecule is C[C@@H]1Cc2c(C(=O)N3CCC(c4cccnc4)CC3)n[nH]c2[C@H](C)O1. The zero-order valence-electron chi connectivity index (χ0n) is 14.7. The summed E-state index contributed by atoms with van der Waals surface area (Å²) in [6.45, 7) is 5.57. The Labute approximate surface area is 147 Å². The number of nitrogens with one attached hydrogen (secondary N) is 1. The topological polar surface area (TPSA) is 71.1 Å². The van der Waals surface area contributed by atoms with E-state index in [-0.39, 0.29) is 18.1 Å². The minimum absolute atomic E-state index is 0.0379. The van der Waals surface area contributed by atoms with E-state index in [0.717, 1.165) is 43.6 Å². The number of amides is 1. The molecule has 2 aromatic rings. The van der Waals surface area contributed by atoms with Crippen LogP contribution in [0.25, 0.3) is 0 Å². The fraction of sp³-hybridized carbons (Fsp3) is 0.526. The van der Waals surface area contributed by atoms with Crippen LogP contribution in [-0.4, -0.2) is 45.2 Å². The molecule has 2 aliphatic heterocycles. The van der Waals surface area contributed by atoms with Crippen LogP contribution in [-0.2, 0) is 11.2 Å². The van der Waals surface area contributed by atoms with Crippen molar-refractivity contribution in [1.82, 2.24) is 20.1 Å². The quantitative estimate of drug-likeness (QED) is 0.912. The Balaban J connectivity index is 1.47. The van der Waals surface area contributed by atoms with Gasteiger partial charge < -0.3 is 9.64 Å². The lowest BCUT2D eigenvalue weighted by atomic mass is 9.90. The Hall–Kier alpha value is -2.21. The van der Waals surface area contributed by atoms with Gasteiger partial charge in [-0.05, 0) is 44.2 Å². The molecule has 0 radical (unpaired) electrons. The minimum atomic E-state index is -0.0379. The molecule has 1 amide bonds. The highest BCUT2D eigenvalue weighted by Gasteiger charge is 2.32. The average Bonchev–Trinajstić information content (AvgIpc) is 3.06. The summed E-state index contributed by atoms with van der Waals surface area (Å²) in [7, 11) is 0. The lowest BCUT2D eigenvalue weighted by molar-refractivity contribution is -0.00702. The number of carbonyl (C=O) groups excluding carboxylic acids is 1. The summed E-state index contributed by atoms with van der Waals surface area (Å²) in [5, 5.41) is 7.35. The Morgan fingerprint density at radius 2 is 2.12 bits per heavy atom. The smallest absolute Gasteiger partial charge is 0.274 e. The molecule has 2 aliphatic rings. The van der Waals surface area contributed by atoms with Crippen LogP contribution in [0.5, 0.6) is 0 Å². The number of fused-ring (bicyclic) bond motifs is 1. The van der Waals surface area contributed by atoms with Gasteiger partial charge >= 0.3 is 0 Å². The lowest BCUT2D eigenvalue weighted by Gasteiger charge is -2.32. The number of hydrogen-bond acceptors (Lipinski definition) is 4. The molecule has 4 heterocycles. The van der Waals surface area contributed by atoms with Gasteiger partial charge in [-0.3, -0.25) is 14.9 Å². The second kappa shape index (κ2) is 6.59. The zero-order valence-corrected chi connectivity index (χ0v) is 14.7. The molecule has 2 atom stereocenters. The molecule has 0 unspecified atom stereocenters. The molecule has 132 valence electrons. The molecule has 6 nitrogen and oxygen atoms in total. The van der Waals surface area contributed by atoms with Crippen molar-refractivity contribution in [3.8, 4) is 0 Å². The molecule has 6 heteroatoms. The molecule has 0 bridgehead atoms. The van der Waals surface area contributed by atoms with E-state index in [4.69, 9.17) is 4.74 Å². The highest BCUT2D eigenvalue weighted by molar-refractivity contribution is 5.94. The molecule has 0 aliphatic carbocycles. The number of hydrogen-bond donors (Lipinski definition) is 1. The molecule has 0 aromatic carbocycles. The third-order valence-electron chi connectivity index (χ3n) is 5.37. The van der Waals surface area contributed by atoms with Gasteiger partial charge in [0.1, 0.15) is 0 Å². The maximum atomic E-state index is 13.0. The first-order chi connectivity index (χ1) is 12.1. The zero-order chi connectivity index (χ0) is 17.4. The number of H-pyrrole nitrogens is 1. The number of piperidine rings is 1. The van der Waals surface area contributed by atoms with Gasteiger partial charge in [-0.1, -0.05) is 6.07 Å².